The number of hydrogen-bond donors (Lipinski definition) is 0. The van der Waals surface area contributed by atoms with Crippen LogP contribution in [-0.2, 0) is 17.6 Å². The van der Waals surface area contributed by atoms with Crippen molar-refractivity contribution in [3.63, 3.8) is 0 Å². The van der Waals surface area contributed by atoms with E-state index in [1.54, 1.807) is 11.3 Å². The number of piperidine rings is 1. The smallest absolute Gasteiger partial charge is 0.227 e. The van der Waals surface area contributed by atoms with Gasteiger partial charge in [-0.15, -0.1) is 11.3 Å². The lowest BCUT2D eigenvalue weighted by Crippen LogP contribution is -2.41. The second kappa shape index (κ2) is 6.43. The predicted octanol–water partition coefficient (Wildman–Crippen LogP) is 2.91. The number of nitrogens with zero attached hydrogens (tertiary/aromatic N) is 3. The Hall–Kier alpha value is -1.62. The van der Waals surface area contributed by atoms with E-state index < -0.39 is 0 Å². The molecule has 3 rings (SSSR count). The van der Waals surface area contributed by atoms with Crippen LogP contribution in [0.3, 0.4) is 0 Å². The average Bonchev–Trinajstić information content (AvgIpc) is 3.18. The number of rotatable bonds is 4. The Balaban J connectivity index is 1.67. The summed E-state index contributed by atoms with van der Waals surface area (Å²) < 4.78 is 2.25. The summed E-state index contributed by atoms with van der Waals surface area (Å²) in [6, 6.07) is 4.42. The number of aryl methyl sites for hydroxylation is 1. The molecular formula is C16H21N3OS. The highest BCUT2D eigenvalue weighted by molar-refractivity contribution is 7.10. The largest absolute Gasteiger partial charge is 0.340 e. The van der Waals surface area contributed by atoms with E-state index in [2.05, 4.69) is 22.7 Å². The Kier molecular flexibility index (Phi) is 4.39. The first-order chi connectivity index (χ1) is 10.3. The fourth-order valence-corrected chi connectivity index (χ4v) is 3.73. The van der Waals surface area contributed by atoms with E-state index in [9.17, 15) is 4.79 Å². The lowest BCUT2D eigenvalue weighted by molar-refractivity contribution is -0.132. The van der Waals surface area contributed by atoms with Crippen LogP contribution in [0, 0.1) is 0 Å². The van der Waals surface area contributed by atoms with Gasteiger partial charge < -0.3 is 9.47 Å². The van der Waals surface area contributed by atoms with Gasteiger partial charge in [0, 0.05) is 36.8 Å². The molecule has 0 N–H and O–H groups in total. The van der Waals surface area contributed by atoms with Crippen molar-refractivity contribution >= 4 is 17.2 Å². The van der Waals surface area contributed by atoms with Gasteiger partial charge in [0.15, 0.2) is 0 Å². The van der Waals surface area contributed by atoms with Crippen molar-refractivity contribution in [1.82, 2.24) is 14.5 Å². The maximum Gasteiger partial charge on any atom is 0.227 e. The van der Waals surface area contributed by atoms with Crippen LogP contribution in [0.25, 0.3) is 0 Å². The second-order valence-electron chi connectivity index (χ2n) is 5.50. The van der Waals surface area contributed by atoms with E-state index in [4.69, 9.17) is 0 Å². The van der Waals surface area contributed by atoms with Gasteiger partial charge in [-0.3, -0.25) is 4.79 Å². The molecule has 2 aromatic rings. The van der Waals surface area contributed by atoms with Gasteiger partial charge in [-0.25, -0.2) is 4.98 Å². The molecule has 1 amide bonds. The van der Waals surface area contributed by atoms with Crippen LogP contribution in [0.15, 0.2) is 29.9 Å². The zero-order valence-electron chi connectivity index (χ0n) is 12.4. The summed E-state index contributed by atoms with van der Waals surface area (Å²) >= 11 is 1.66. The standard InChI is InChI=1S/C16H21N3OS/c1-2-15-17-7-9-19(15)13-5-3-8-18(12-13)16(20)11-14-6-4-10-21-14/h4,6-7,9-10,13H,2-3,5,8,11-12H2,1H3/t13-/m0/s1. The first-order valence-corrected chi connectivity index (χ1v) is 8.47. The molecule has 1 aliphatic rings. The fourth-order valence-electron chi connectivity index (χ4n) is 3.03. The van der Waals surface area contributed by atoms with Crippen molar-refractivity contribution in [1.29, 1.82) is 0 Å². The molecule has 0 radical (unpaired) electrons. The van der Waals surface area contributed by atoms with Gasteiger partial charge in [0.1, 0.15) is 5.82 Å². The highest BCUT2D eigenvalue weighted by atomic mass is 32.1. The molecule has 0 unspecified atom stereocenters. The van der Waals surface area contributed by atoms with Crippen molar-refractivity contribution in [2.24, 2.45) is 0 Å². The minimum absolute atomic E-state index is 0.250. The minimum atomic E-state index is 0.250. The zero-order valence-corrected chi connectivity index (χ0v) is 13.2. The summed E-state index contributed by atoms with van der Waals surface area (Å²) in [5.41, 5.74) is 0. The van der Waals surface area contributed by atoms with Gasteiger partial charge in [-0.2, -0.15) is 0 Å². The summed E-state index contributed by atoms with van der Waals surface area (Å²) in [4.78, 5) is 20.0. The lowest BCUT2D eigenvalue weighted by Gasteiger charge is -2.34. The summed E-state index contributed by atoms with van der Waals surface area (Å²) in [5.74, 6) is 1.37. The predicted molar refractivity (Wildman–Crippen MR) is 84.5 cm³/mol. The number of thiophene rings is 1. The molecule has 0 spiro atoms. The van der Waals surface area contributed by atoms with Gasteiger partial charge >= 0.3 is 0 Å². The topological polar surface area (TPSA) is 38.1 Å². The van der Waals surface area contributed by atoms with Gasteiger partial charge in [0.25, 0.3) is 0 Å². The Morgan fingerprint density at radius 3 is 3.19 bits per heavy atom. The summed E-state index contributed by atoms with van der Waals surface area (Å²) in [6.07, 6.45) is 7.60. The van der Waals surface area contributed by atoms with E-state index in [0.717, 1.165) is 43.1 Å². The molecule has 3 heterocycles. The van der Waals surface area contributed by atoms with Crippen molar-refractivity contribution in [2.45, 2.75) is 38.6 Å². The number of carbonyl (C=O) groups is 1. The maximum absolute atomic E-state index is 12.4. The SMILES string of the molecule is CCc1nccn1[C@H]1CCCN(C(=O)Cc2cccs2)C1. The van der Waals surface area contributed by atoms with Crippen LogP contribution in [0.1, 0.15) is 36.5 Å². The highest BCUT2D eigenvalue weighted by Gasteiger charge is 2.25. The van der Waals surface area contributed by atoms with Crippen LogP contribution in [0.5, 0.6) is 0 Å². The van der Waals surface area contributed by atoms with Crippen LogP contribution in [0.4, 0.5) is 0 Å². The summed E-state index contributed by atoms with van der Waals surface area (Å²) in [7, 11) is 0. The molecule has 5 heteroatoms. The third-order valence-electron chi connectivity index (χ3n) is 4.11. The number of aromatic nitrogens is 2. The molecule has 2 aromatic heterocycles. The first-order valence-electron chi connectivity index (χ1n) is 7.59. The lowest BCUT2D eigenvalue weighted by atomic mass is 10.0. The van der Waals surface area contributed by atoms with Crippen molar-refractivity contribution in [3.05, 3.63) is 40.6 Å². The van der Waals surface area contributed by atoms with Crippen molar-refractivity contribution < 1.29 is 4.79 Å². The molecule has 112 valence electrons. The summed E-state index contributed by atoms with van der Waals surface area (Å²) in [5, 5.41) is 2.03. The van der Waals surface area contributed by atoms with Gasteiger partial charge in [0.2, 0.25) is 5.91 Å². The summed E-state index contributed by atoms with van der Waals surface area (Å²) in [6.45, 7) is 3.83. The third kappa shape index (κ3) is 3.18. The number of carbonyl (C=O) groups excluding carboxylic acids is 1. The zero-order chi connectivity index (χ0) is 14.7. The normalized spacial score (nSPS) is 18.9. The first kappa shape index (κ1) is 14.3. The van der Waals surface area contributed by atoms with Crippen LogP contribution in [-0.4, -0.2) is 33.4 Å². The van der Waals surface area contributed by atoms with E-state index in [0.29, 0.717) is 12.5 Å². The van der Waals surface area contributed by atoms with Gasteiger partial charge in [0.05, 0.1) is 12.5 Å². The Morgan fingerprint density at radius 2 is 2.43 bits per heavy atom. The molecule has 0 saturated carbocycles. The molecule has 1 saturated heterocycles. The number of likely N-dealkylation sites (tertiary alicyclic amines) is 1. The Bertz CT molecular complexity index is 590. The van der Waals surface area contributed by atoms with E-state index in [1.807, 2.05) is 28.6 Å². The maximum atomic E-state index is 12.4. The van der Waals surface area contributed by atoms with E-state index in [-0.39, 0.29) is 5.91 Å². The molecule has 21 heavy (non-hydrogen) atoms. The molecule has 4 nitrogen and oxygen atoms in total. The van der Waals surface area contributed by atoms with Crippen LogP contribution < -0.4 is 0 Å². The monoisotopic (exact) mass is 303 g/mol. The Morgan fingerprint density at radius 1 is 1.52 bits per heavy atom. The fraction of sp³-hybridized carbons (Fsp3) is 0.500. The van der Waals surface area contributed by atoms with Crippen molar-refractivity contribution in [2.75, 3.05) is 13.1 Å². The van der Waals surface area contributed by atoms with E-state index >= 15 is 0 Å². The second-order valence-corrected chi connectivity index (χ2v) is 6.53. The van der Waals surface area contributed by atoms with Crippen LogP contribution in [0.2, 0.25) is 0 Å². The van der Waals surface area contributed by atoms with Gasteiger partial charge in [-0.05, 0) is 24.3 Å². The number of amides is 1. The van der Waals surface area contributed by atoms with Gasteiger partial charge in [-0.1, -0.05) is 13.0 Å². The molecule has 1 fully saturated rings. The van der Waals surface area contributed by atoms with E-state index in [1.165, 1.54) is 0 Å². The molecule has 0 bridgehead atoms. The average molecular weight is 303 g/mol. The quantitative estimate of drug-likeness (QED) is 0.871. The minimum Gasteiger partial charge on any atom is -0.340 e. The molecule has 1 atom stereocenters. The third-order valence-corrected chi connectivity index (χ3v) is 4.99. The molecule has 1 aliphatic heterocycles. The molecular weight excluding hydrogens is 282 g/mol. The van der Waals surface area contributed by atoms with Crippen molar-refractivity contribution in [3.8, 4) is 0 Å². The number of imidazole rings is 1. The molecule has 0 aliphatic carbocycles. The Labute approximate surface area is 129 Å². The molecule has 0 aromatic carbocycles. The number of hydrogen-bond acceptors (Lipinski definition) is 3. The van der Waals surface area contributed by atoms with Crippen LogP contribution >= 0.6 is 11.3 Å². The highest BCUT2D eigenvalue weighted by Crippen LogP contribution is 2.24.